The van der Waals surface area contributed by atoms with E-state index in [9.17, 15) is 19.5 Å². The minimum absolute atomic E-state index is 0.0136. The quantitative estimate of drug-likeness (QED) is 0.0744. The Balaban J connectivity index is 1.05. The van der Waals surface area contributed by atoms with E-state index in [0.717, 1.165) is 87.0 Å². The number of fused-ring (bicyclic) bond motifs is 6. The van der Waals surface area contributed by atoms with Crippen LogP contribution in [0.5, 0.6) is 5.75 Å². The number of amides is 3. The number of ether oxygens (including phenoxy) is 4. The first-order chi connectivity index (χ1) is 30.8. The summed E-state index contributed by atoms with van der Waals surface area (Å²) in [6, 6.07) is 13.0. The van der Waals surface area contributed by atoms with Crippen LogP contribution in [0.1, 0.15) is 89.6 Å². The first-order valence-electron chi connectivity index (χ1n) is 22.6. The number of carbonyl (C=O) groups is 3. The molecule has 5 heterocycles. The highest BCUT2D eigenvalue weighted by atomic mass is 16.5. The van der Waals surface area contributed by atoms with Crippen molar-refractivity contribution in [2.75, 3.05) is 41.0 Å². The topological polar surface area (TPSA) is 196 Å². The van der Waals surface area contributed by atoms with Gasteiger partial charge in [0.2, 0.25) is 5.91 Å². The lowest BCUT2D eigenvalue weighted by molar-refractivity contribution is -0.135. The van der Waals surface area contributed by atoms with Gasteiger partial charge in [-0.1, -0.05) is 65.7 Å². The minimum Gasteiger partial charge on any atom is -0.488 e. The SMILES string of the molecule is CC[C@H](C)C(NC(=O)OC)C(O)N1C[C@@H](COC)C[C@H]1c1nc2ccc3cc4c(cc3c2[nH]1)OCc1cc(-c2cnc(C3C[C@H](C)CN3C(=O)[C@@H](NC(=O)OC)[C@@H](C)CC)[nH]2)ccc1-4. The molecule has 0 bridgehead atoms. The molecule has 2 saturated heterocycles. The second kappa shape index (κ2) is 18.8. The summed E-state index contributed by atoms with van der Waals surface area (Å²) >= 11 is 0. The van der Waals surface area contributed by atoms with Gasteiger partial charge in [-0.05, 0) is 82.9 Å². The van der Waals surface area contributed by atoms with Crippen molar-refractivity contribution in [3.63, 3.8) is 0 Å². The number of nitrogens with one attached hydrogen (secondary N) is 4. The third-order valence-corrected chi connectivity index (χ3v) is 13.9. The largest absolute Gasteiger partial charge is 0.488 e. The smallest absolute Gasteiger partial charge is 0.407 e. The fourth-order valence-corrected chi connectivity index (χ4v) is 9.92. The standard InChI is InChI=1S/C48H62N8O8/c1-9-26(4)40(53-47(59)62-7)45(57)55-21-25(3)15-37(55)43-49-20-36(51-43)30-11-13-32-31(17-30)24-64-39-19-33-29(18-34(32)39)12-14-35-42(33)52-44(50-35)38-16-28(23-61-6)22-56(38)46(58)41(27(5)10-2)54-48(60)63-8/h11-14,17-20,25-28,37-38,40-41,46,58H,9-10,15-16,21-24H2,1-8H3,(H,49,51)(H,50,52)(H,53,59)(H,54,60)/t25-,26-,27-,28-,37?,38-,40-,41?,46?/m0/s1. The molecule has 3 aromatic carbocycles. The van der Waals surface area contributed by atoms with Crippen molar-refractivity contribution >= 4 is 39.9 Å². The molecule has 3 aliphatic heterocycles. The van der Waals surface area contributed by atoms with Crippen LogP contribution in [0.2, 0.25) is 0 Å². The number of alkyl carbamates (subject to hydrolysis) is 2. The molecule has 64 heavy (non-hydrogen) atoms. The Kier molecular flexibility index (Phi) is 13.2. The van der Waals surface area contributed by atoms with E-state index in [1.165, 1.54) is 14.2 Å². The zero-order valence-electron chi connectivity index (χ0n) is 38.1. The van der Waals surface area contributed by atoms with Gasteiger partial charge in [0.1, 0.15) is 36.3 Å². The summed E-state index contributed by atoms with van der Waals surface area (Å²) in [4.78, 5) is 59.5. The molecule has 5 N–H and O–H groups in total. The molecule has 3 unspecified atom stereocenters. The van der Waals surface area contributed by atoms with Gasteiger partial charge in [0.25, 0.3) is 0 Å². The average Bonchev–Trinajstić information content (AvgIpc) is 4.14. The molecule has 2 aromatic heterocycles. The number of imidazole rings is 2. The van der Waals surface area contributed by atoms with Crippen LogP contribution in [-0.4, -0.2) is 112 Å². The fourth-order valence-electron chi connectivity index (χ4n) is 9.92. The van der Waals surface area contributed by atoms with Crippen molar-refractivity contribution in [2.45, 2.75) is 97.3 Å². The number of hydrogen-bond acceptors (Lipinski definition) is 11. The molecule has 2 fully saturated rings. The van der Waals surface area contributed by atoms with Crippen molar-refractivity contribution in [1.82, 2.24) is 40.4 Å². The number of rotatable bonds is 14. The number of aromatic amines is 2. The fraction of sp³-hybridized carbons (Fsp3) is 0.521. The third-order valence-electron chi connectivity index (χ3n) is 13.9. The predicted molar refractivity (Wildman–Crippen MR) is 242 cm³/mol. The van der Waals surface area contributed by atoms with Gasteiger partial charge < -0.3 is 49.6 Å². The number of hydrogen-bond donors (Lipinski definition) is 5. The lowest BCUT2D eigenvalue weighted by atomic mass is 9.92. The Morgan fingerprint density at radius 3 is 2.41 bits per heavy atom. The molecule has 0 aliphatic carbocycles. The summed E-state index contributed by atoms with van der Waals surface area (Å²) in [5, 5.41) is 19.6. The number of aliphatic hydroxyl groups excluding tert-OH is 1. The maximum absolute atomic E-state index is 14.0. The van der Waals surface area contributed by atoms with Gasteiger partial charge in [0.15, 0.2) is 0 Å². The zero-order valence-corrected chi connectivity index (χ0v) is 38.1. The summed E-state index contributed by atoms with van der Waals surface area (Å²) in [5.74, 6) is 2.43. The maximum atomic E-state index is 14.0. The van der Waals surface area contributed by atoms with E-state index < -0.39 is 30.5 Å². The Bertz CT molecular complexity index is 2500. The molecule has 3 amide bonds. The molecule has 0 saturated carbocycles. The molecule has 9 atom stereocenters. The van der Waals surface area contributed by atoms with Crippen LogP contribution in [0.15, 0.2) is 48.7 Å². The summed E-state index contributed by atoms with van der Waals surface area (Å²) in [7, 11) is 4.32. The molecule has 16 nitrogen and oxygen atoms in total. The first-order valence-corrected chi connectivity index (χ1v) is 22.6. The monoisotopic (exact) mass is 878 g/mol. The van der Waals surface area contributed by atoms with E-state index in [4.69, 9.17) is 28.9 Å². The minimum atomic E-state index is -0.982. The molecule has 0 radical (unpaired) electrons. The Hall–Kier alpha value is -5.71. The van der Waals surface area contributed by atoms with Gasteiger partial charge in [0.05, 0.1) is 61.9 Å². The second-order valence-electron chi connectivity index (χ2n) is 18.1. The van der Waals surface area contributed by atoms with Crippen LogP contribution in [0.25, 0.3) is 44.2 Å². The highest BCUT2D eigenvalue weighted by Gasteiger charge is 2.43. The van der Waals surface area contributed by atoms with E-state index in [0.29, 0.717) is 32.1 Å². The lowest BCUT2D eigenvalue weighted by Gasteiger charge is -2.36. The Morgan fingerprint density at radius 1 is 0.906 bits per heavy atom. The molecule has 5 aromatic rings. The first kappa shape index (κ1) is 44.9. The molecule has 0 spiro atoms. The van der Waals surface area contributed by atoms with E-state index in [-0.39, 0.29) is 41.7 Å². The number of carbonyl (C=O) groups excluding carboxylic acids is 3. The number of methoxy groups -OCH3 is 3. The number of likely N-dealkylation sites (tertiary alicyclic amines) is 2. The van der Waals surface area contributed by atoms with Crippen molar-refractivity contribution in [1.29, 1.82) is 0 Å². The van der Waals surface area contributed by atoms with E-state index >= 15 is 0 Å². The van der Waals surface area contributed by atoms with Crippen molar-refractivity contribution in [3.05, 3.63) is 65.9 Å². The van der Waals surface area contributed by atoms with Crippen LogP contribution >= 0.6 is 0 Å². The van der Waals surface area contributed by atoms with E-state index in [1.54, 1.807) is 7.11 Å². The van der Waals surface area contributed by atoms with Crippen molar-refractivity contribution in [2.24, 2.45) is 23.7 Å². The summed E-state index contributed by atoms with van der Waals surface area (Å²) in [6.07, 6.45) is 2.60. The number of H-pyrrole nitrogens is 2. The van der Waals surface area contributed by atoms with E-state index in [1.807, 2.05) is 49.8 Å². The van der Waals surface area contributed by atoms with Gasteiger partial charge in [0, 0.05) is 31.1 Å². The van der Waals surface area contributed by atoms with Crippen LogP contribution in [0, 0.1) is 23.7 Å². The van der Waals surface area contributed by atoms with Crippen molar-refractivity contribution < 1.29 is 38.4 Å². The summed E-state index contributed by atoms with van der Waals surface area (Å²) < 4.78 is 21.8. The Labute approximate surface area is 373 Å². The molecule has 16 heteroatoms. The molecule has 342 valence electrons. The molecule has 8 rings (SSSR count). The average molecular weight is 879 g/mol. The van der Waals surface area contributed by atoms with Gasteiger partial charge >= 0.3 is 12.2 Å². The maximum Gasteiger partial charge on any atom is 0.407 e. The van der Waals surface area contributed by atoms with Gasteiger partial charge in [-0.3, -0.25) is 9.69 Å². The predicted octanol–water partition coefficient (Wildman–Crippen LogP) is 7.44. The summed E-state index contributed by atoms with van der Waals surface area (Å²) in [6.45, 7) is 12.2. The van der Waals surface area contributed by atoms with Crippen LogP contribution in [0.3, 0.4) is 0 Å². The Morgan fingerprint density at radius 2 is 1.67 bits per heavy atom. The number of nitrogens with zero attached hydrogens (tertiary/aromatic N) is 4. The highest BCUT2D eigenvalue weighted by molar-refractivity contribution is 6.07. The lowest BCUT2D eigenvalue weighted by Crippen LogP contribution is -2.54. The normalized spacial score (nSPS) is 22.0. The van der Waals surface area contributed by atoms with Crippen LogP contribution in [-0.2, 0) is 25.6 Å². The van der Waals surface area contributed by atoms with Gasteiger partial charge in [-0.2, -0.15) is 0 Å². The second-order valence-corrected chi connectivity index (χ2v) is 18.1. The van der Waals surface area contributed by atoms with Crippen LogP contribution in [0.4, 0.5) is 9.59 Å². The molecule has 3 aliphatic rings. The highest BCUT2D eigenvalue weighted by Crippen LogP contribution is 2.44. The van der Waals surface area contributed by atoms with E-state index in [2.05, 4.69) is 63.9 Å². The number of aromatic nitrogens is 4. The zero-order chi connectivity index (χ0) is 45.4. The number of benzene rings is 3. The van der Waals surface area contributed by atoms with Gasteiger partial charge in [-0.25, -0.2) is 19.6 Å². The van der Waals surface area contributed by atoms with Crippen LogP contribution < -0.4 is 15.4 Å². The molecular formula is C48H62N8O8. The number of aliphatic hydroxyl groups is 1. The summed E-state index contributed by atoms with van der Waals surface area (Å²) in [5.41, 5.74) is 6.63. The third kappa shape index (κ3) is 8.62. The van der Waals surface area contributed by atoms with Crippen molar-refractivity contribution in [3.8, 4) is 28.1 Å². The van der Waals surface area contributed by atoms with Gasteiger partial charge in [-0.15, -0.1) is 0 Å². The molecular weight excluding hydrogens is 817 g/mol.